The molecule has 1 unspecified atom stereocenters. The van der Waals surface area contributed by atoms with Crippen molar-refractivity contribution in [2.24, 2.45) is 0 Å². The highest BCUT2D eigenvalue weighted by Gasteiger charge is 2.09. The second-order valence-corrected chi connectivity index (χ2v) is 5.29. The number of nitrogens with zero attached hydrogens (tertiary/aromatic N) is 1. The van der Waals surface area contributed by atoms with E-state index in [1.807, 2.05) is 43.3 Å². The molecule has 0 fully saturated rings. The maximum Gasteiger partial charge on any atom is 0.315 e. The molecular weight excluding hydrogens is 286 g/mol. The van der Waals surface area contributed by atoms with Gasteiger partial charge in [-0.1, -0.05) is 29.8 Å². The molecule has 0 radical (unpaired) electrons. The highest BCUT2D eigenvalue weighted by molar-refractivity contribution is 6.31. The molecule has 2 amide bonds. The van der Waals surface area contributed by atoms with Gasteiger partial charge in [0.2, 0.25) is 0 Å². The Morgan fingerprint density at radius 2 is 1.95 bits per heavy atom. The van der Waals surface area contributed by atoms with Gasteiger partial charge in [-0.15, -0.1) is 0 Å². The molecule has 4 nitrogen and oxygen atoms in total. The monoisotopic (exact) mass is 303 g/mol. The maximum absolute atomic E-state index is 11.8. The first-order valence-corrected chi connectivity index (χ1v) is 7.19. The van der Waals surface area contributed by atoms with Crippen LogP contribution in [0.25, 0.3) is 0 Å². The predicted molar refractivity (Wildman–Crippen MR) is 84.2 cm³/mol. The number of urea groups is 1. The van der Waals surface area contributed by atoms with Crippen LogP contribution >= 0.6 is 11.6 Å². The quantitative estimate of drug-likeness (QED) is 0.891. The molecule has 110 valence electrons. The molecule has 2 aromatic rings. The fraction of sp³-hybridized carbons (Fsp3) is 0.250. The topological polar surface area (TPSA) is 54.0 Å². The van der Waals surface area contributed by atoms with Gasteiger partial charge in [-0.2, -0.15) is 0 Å². The van der Waals surface area contributed by atoms with E-state index in [1.165, 1.54) is 0 Å². The van der Waals surface area contributed by atoms with Crippen molar-refractivity contribution in [2.75, 3.05) is 0 Å². The number of pyridine rings is 1. The Bertz CT molecular complexity index is 589. The molecule has 2 rings (SSSR count). The summed E-state index contributed by atoms with van der Waals surface area (Å²) >= 11 is 6.11. The molecule has 0 saturated heterocycles. The minimum Gasteiger partial charge on any atom is -0.335 e. The Kier molecular flexibility index (Phi) is 5.58. The lowest BCUT2D eigenvalue weighted by Crippen LogP contribution is -2.41. The molecule has 1 aromatic heterocycles. The molecule has 0 aliphatic heterocycles. The second-order valence-electron chi connectivity index (χ2n) is 4.88. The van der Waals surface area contributed by atoms with Crippen LogP contribution in [0.4, 0.5) is 4.79 Å². The summed E-state index contributed by atoms with van der Waals surface area (Å²) in [5, 5.41) is 6.45. The van der Waals surface area contributed by atoms with Crippen molar-refractivity contribution < 1.29 is 4.79 Å². The van der Waals surface area contributed by atoms with Crippen molar-refractivity contribution in [3.63, 3.8) is 0 Å². The largest absolute Gasteiger partial charge is 0.335 e. The Hall–Kier alpha value is -2.07. The van der Waals surface area contributed by atoms with Crippen LogP contribution in [-0.2, 0) is 13.0 Å². The number of rotatable bonds is 5. The highest BCUT2D eigenvalue weighted by atomic mass is 35.5. The summed E-state index contributed by atoms with van der Waals surface area (Å²) in [6.07, 6.45) is 4.10. The number of halogens is 1. The van der Waals surface area contributed by atoms with Crippen molar-refractivity contribution in [3.8, 4) is 0 Å². The summed E-state index contributed by atoms with van der Waals surface area (Å²) in [6, 6.07) is 11.2. The smallest absolute Gasteiger partial charge is 0.315 e. The zero-order chi connectivity index (χ0) is 15.1. The summed E-state index contributed by atoms with van der Waals surface area (Å²) < 4.78 is 0. The first-order chi connectivity index (χ1) is 10.1. The van der Waals surface area contributed by atoms with Crippen molar-refractivity contribution in [1.29, 1.82) is 0 Å². The van der Waals surface area contributed by atoms with Crippen LogP contribution in [0.3, 0.4) is 0 Å². The molecule has 0 aliphatic carbocycles. The van der Waals surface area contributed by atoms with Gasteiger partial charge in [-0.25, -0.2) is 4.79 Å². The van der Waals surface area contributed by atoms with Crippen molar-refractivity contribution in [3.05, 3.63) is 64.9 Å². The standard InChI is InChI=1S/C16H18ClN3O/c1-12(10-14-4-2-3-5-15(14)17)20-16(21)19-11-13-6-8-18-9-7-13/h2-9,12H,10-11H2,1H3,(H2,19,20,21). The maximum atomic E-state index is 11.8. The molecule has 0 spiro atoms. The van der Waals surface area contributed by atoms with Gasteiger partial charge in [0, 0.05) is 30.0 Å². The Balaban J connectivity index is 1.78. The lowest BCUT2D eigenvalue weighted by molar-refractivity contribution is 0.237. The van der Waals surface area contributed by atoms with Crippen molar-refractivity contribution in [2.45, 2.75) is 25.9 Å². The van der Waals surface area contributed by atoms with Crippen LogP contribution in [0.1, 0.15) is 18.1 Å². The van der Waals surface area contributed by atoms with E-state index >= 15 is 0 Å². The van der Waals surface area contributed by atoms with E-state index in [4.69, 9.17) is 11.6 Å². The van der Waals surface area contributed by atoms with E-state index in [0.29, 0.717) is 13.0 Å². The van der Waals surface area contributed by atoms with Gasteiger partial charge in [0.05, 0.1) is 0 Å². The minimum absolute atomic E-state index is 0.00217. The second kappa shape index (κ2) is 7.64. The predicted octanol–water partition coefficient (Wildman–Crippen LogP) is 3.17. The number of carbonyl (C=O) groups excluding carboxylic acids is 1. The van der Waals surface area contributed by atoms with Gasteiger partial charge in [-0.05, 0) is 42.7 Å². The Morgan fingerprint density at radius 1 is 1.24 bits per heavy atom. The highest BCUT2D eigenvalue weighted by Crippen LogP contribution is 2.16. The van der Waals surface area contributed by atoms with Gasteiger partial charge >= 0.3 is 6.03 Å². The zero-order valence-corrected chi connectivity index (χ0v) is 12.6. The summed E-state index contributed by atoms with van der Waals surface area (Å²) in [6.45, 7) is 2.43. The molecule has 1 heterocycles. The van der Waals surface area contributed by atoms with E-state index in [1.54, 1.807) is 12.4 Å². The molecular formula is C16H18ClN3O. The number of aromatic nitrogens is 1. The van der Waals surface area contributed by atoms with Crippen LogP contribution in [0.2, 0.25) is 5.02 Å². The van der Waals surface area contributed by atoms with Gasteiger partial charge in [0.1, 0.15) is 0 Å². The van der Waals surface area contributed by atoms with Crippen LogP contribution in [0, 0.1) is 0 Å². The number of amides is 2. The van der Waals surface area contributed by atoms with Crippen molar-refractivity contribution in [1.82, 2.24) is 15.6 Å². The van der Waals surface area contributed by atoms with Gasteiger partial charge < -0.3 is 10.6 Å². The number of carbonyl (C=O) groups is 1. The molecule has 2 N–H and O–H groups in total. The fourth-order valence-corrected chi connectivity index (χ4v) is 2.22. The average molecular weight is 304 g/mol. The minimum atomic E-state index is -0.189. The van der Waals surface area contributed by atoms with Crippen LogP contribution < -0.4 is 10.6 Å². The Morgan fingerprint density at radius 3 is 2.67 bits per heavy atom. The fourth-order valence-electron chi connectivity index (χ4n) is 2.00. The van der Waals surface area contributed by atoms with Crippen LogP contribution in [-0.4, -0.2) is 17.1 Å². The SMILES string of the molecule is CC(Cc1ccccc1Cl)NC(=O)NCc1ccncc1. The molecule has 21 heavy (non-hydrogen) atoms. The number of hydrogen-bond acceptors (Lipinski definition) is 2. The lowest BCUT2D eigenvalue weighted by Gasteiger charge is -2.15. The number of hydrogen-bond donors (Lipinski definition) is 2. The molecule has 1 atom stereocenters. The lowest BCUT2D eigenvalue weighted by atomic mass is 10.1. The summed E-state index contributed by atoms with van der Waals surface area (Å²) in [5.41, 5.74) is 2.04. The van der Waals surface area contributed by atoms with Crippen LogP contribution in [0.15, 0.2) is 48.8 Å². The third-order valence-electron chi connectivity index (χ3n) is 3.06. The number of nitrogens with one attached hydrogen (secondary N) is 2. The number of benzene rings is 1. The zero-order valence-electron chi connectivity index (χ0n) is 11.8. The summed E-state index contributed by atoms with van der Waals surface area (Å²) in [5.74, 6) is 0. The summed E-state index contributed by atoms with van der Waals surface area (Å²) in [7, 11) is 0. The molecule has 1 aromatic carbocycles. The molecule has 0 saturated carbocycles. The van der Waals surface area contributed by atoms with Gasteiger partial charge in [0.15, 0.2) is 0 Å². The van der Waals surface area contributed by atoms with E-state index in [-0.39, 0.29) is 12.1 Å². The average Bonchev–Trinajstić information content (AvgIpc) is 2.48. The first kappa shape index (κ1) is 15.3. The summed E-state index contributed by atoms with van der Waals surface area (Å²) in [4.78, 5) is 15.8. The third-order valence-corrected chi connectivity index (χ3v) is 3.43. The van der Waals surface area contributed by atoms with Gasteiger partial charge in [0.25, 0.3) is 0 Å². The molecule has 5 heteroatoms. The molecule has 0 bridgehead atoms. The third kappa shape index (κ3) is 5.08. The van der Waals surface area contributed by atoms with Gasteiger partial charge in [-0.3, -0.25) is 4.98 Å². The van der Waals surface area contributed by atoms with Crippen LogP contribution in [0.5, 0.6) is 0 Å². The van der Waals surface area contributed by atoms with E-state index in [0.717, 1.165) is 16.1 Å². The van der Waals surface area contributed by atoms with E-state index in [9.17, 15) is 4.79 Å². The molecule has 0 aliphatic rings. The Labute approximate surface area is 129 Å². The van der Waals surface area contributed by atoms with E-state index in [2.05, 4.69) is 15.6 Å². The van der Waals surface area contributed by atoms with Crippen molar-refractivity contribution >= 4 is 17.6 Å². The van der Waals surface area contributed by atoms with E-state index < -0.39 is 0 Å². The normalized spacial score (nSPS) is 11.7. The first-order valence-electron chi connectivity index (χ1n) is 6.82.